The van der Waals surface area contributed by atoms with Crippen LogP contribution in [-0.4, -0.2) is 46.5 Å². The lowest BCUT2D eigenvalue weighted by Crippen LogP contribution is -2.45. The van der Waals surface area contributed by atoms with Crippen molar-refractivity contribution < 1.29 is 23.5 Å². The Kier molecular flexibility index (Phi) is 6.73. The minimum atomic E-state index is -0.906. The third-order valence-corrected chi connectivity index (χ3v) is 6.75. The molecule has 0 bridgehead atoms. The minimum absolute atomic E-state index is 0.0140. The Labute approximate surface area is 211 Å². The molecule has 0 radical (unpaired) electrons. The zero-order valence-electron chi connectivity index (χ0n) is 19.5. The largest absolute Gasteiger partial charge is 0.497 e. The summed E-state index contributed by atoms with van der Waals surface area (Å²) in [4.78, 5) is 46.8. The molecular formula is C27H23N3O5S. The van der Waals surface area contributed by atoms with Gasteiger partial charge >= 0.3 is 0 Å². The summed E-state index contributed by atoms with van der Waals surface area (Å²) in [7, 11) is 1.54. The van der Waals surface area contributed by atoms with E-state index in [9.17, 15) is 14.4 Å². The molecule has 2 heterocycles. The Morgan fingerprint density at radius 3 is 2.50 bits per heavy atom. The zero-order valence-corrected chi connectivity index (χ0v) is 20.3. The van der Waals surface area contributed by atoms with Crippen LogP contribution in [0.4, 0.5) is 5.69 Å². The maximum atomic E-state index is 13.4. The number of aromatic nitrogens is 1. The molecule has 1 aromatic heterocycles. The van der Waals surface area contributed by atoms with Gasteiger partial charge in [0, 0.05) is 6.54 Å². The fourth-order valence-corrected chi connectivity index (χ4v) is 4.86. The molecule has 0 saturated carbocycles. The maximum absolute atomic E-state index is 13.4. The van der Waals surface area contributed by atoms with Crippen LogP contribution in [-0.2, 0) is 20.9 Å². The van der Waals surface area contributed by atoms with E-state index in [2.05, 4.69) is 4.98 Å². The van der Waals surface area contributed by atoms with Gasteiger partial charge in [-0.05, 0) is 42.0 Å². The lowest BCUT2D eigenvalue weighted by atomic mass is 10.1. The highest BCUT2D eigenvalue weighted by Crippen LogP contribution is 2.29. The number of ether oxygens (including phenoxy) is 1. The predicted octanol–water partition coefficient (Wildman–Crippen LogP) is 4.29. The van der Waals surface area contributed by atoms with Gasteiger partial charge in [0.1, 0.15) is 17.3 Å². The van der Waals surface area contributed by atoms with Gasteiger partial charge in [-0.25, -0.2) is 9.88 Å². The van der Waals surface area contributed by atoms with E-state index in [1.807, 2.05) is 54.6 Å². The smallest absolute Gasteiger partial charge is 0.257 e. The number of hydrogen-bond donors (Lipinski definition) is 0. The van der Waals surface area contributed by atoms with E-state index < -0.39 is 11.9 Å². The second-order valence-electron chi connectivity index (χ2n) is 8.23. The predicted molar refractivity (Wildman–Crippen MR) is 136 cm³/mol. The quantitative estimate of drug-likeness (QED) is 0.263. The molecule has 5 rings (SSSR count). The van der Waals surface area contributed by atoms with Crippen LogP contribution in [0.5, 0.6) is 5.75 Å². The van der Waals surface area contributed by atoms with E-state index in [1.165, 1.54) is 4.90 Å². The van der Waals surface area contributed by atoms with E-state index in [0.717, 1.165) is 22.2 Å². The fraction of sp³-hybridized carbons (Fsp3) is 0.185. The zero-order chi connectivity index (χ0) is 25.1. The van der Waals surface area contributed by atoms with Crippen LogP contribution in [0.1, 0.15) is 12.0 Å². The number of hydrogen-bond acceptors (Lipinski definition) is 7. The summed E-state index contributed by atoms with van der Waals surface area (Å²) in [5, 5.41) is 0.373. The van der Waals surface area contributed by atoms with Gasteiger partial charge in [0.15, 0.2) is 5.58 Å². The van der Waals surface area contributed by atoms with Crippen LogP contribution in [0.3, 0.4) is 0 Å². The van der Waals surface area contributed by atoms with Gasteiger partial charge in [0.2, 0.25) is 11.8 Å². The van der Waals surface area contributed by atoms with Crippen molar-refractivity contribution in [1.29, 1.82) is 0 Å². The first kappa shape index (κ1) is 23.6. The Balaban J connectivity index is 1.37. The summed E-state index contributed by atoms with van der Waals surface area (Å²) in [5.41, 5.74) is 2.66. The number of benzene rings is 3. The molecule has 9 heteroatoms. The first-order valence-electron chi connectivity index (χ1n) is 11.4. The molecule has 1 unspecified atom stereocenters. The molecule has 0 spiro atoms. The number of carbonyl (C=O) groups excluding carboxylic acids is 3. The molecule has 3 amide bonds. The van der Waals surface area contributed by atoms with Crippen molar-refractivity contribution in [3.8, 4) is 5.75 Å². The summed E-state index contributed by atoms with van der Waals surface area (Å²) in [6.07, 6.45) is -0.0863. The molecule has 4 aromatic rings. The molecule has 182 valence electrons. The van der Waals surface area contributed by atoms with Crippen molar-refractivity contribution in [3.63, 3.8) is 0 Å². The number of methoxy groups -OCH3 is 1. The van der Waals surface area contributed by atoms with Crippen LogP contribution in [0.2, 0.25) is 0 Å². The third-order valence-electron chi connectivity index (χ3n) is 5.94. The fourth-order valence-electron chi connectivity index (χ4n) is 4.13. The minimum Gasteiger partial charge on any atom is -0.497 e. The van der Waals surface area contributed by atoms with Gasteiger partial charge in [-0.3, -0.25) is 14.4 Å². The normalized spacial score (nSPS) is 15.5. The van der Waals surface area contributed by atoms with E-state index in [0.29, 0.717) is 27.8 Å². The standard InChI is InChI=1S/C27H23N3O5S/c1-34-20-13-11-19(12-14-20)30-24(31)15-22(26(30)33)29(16-18-7-3-2-4-8-18)25(32)17-36-27-28-21-9-5-6-10-23(21)35-27/h2-14,22H,15-17H2,1H3. The number of fused-ring (bicyclic) bond motifs is 1. The van der Waals surface area contributed by atoms with Crippen molar-refractivity contribution in [2.45, 2.75) is 24.2 Å². The van der Waals surface area contributed by atoms with E-state index >= 15 is 0 Å². The lowest BCUT2D eigenvalue weighted by Gasteiger charge is -2.27. The van der Waals surface area contributed by atoms with Crippen LogP contribution in [0.25, 0.3) is 11.1 Å². The highest BCUT2D eigenvalue weighted by Gasteiger charge is 2.44. The molecular weight excluding hydrogens is 478 g/mol. The molecule has 1 fully saturated rings. The summed E-state index contributed by atoms with van der Waals surface area (Å²) in [5.74, 6) is -0.436. The molecule has 0 N–H and O–H groups in total. The average Bonchev–Trinajstić information content (AvgIpc) is 3.46. The van der Waals surface area contributed by atoms with Crippen LogP contribution >= 0.6 is 11.8 Å². The third kappa shape index (κ3) is 4.83. The van der Waals surface area contributed by atoms with Gasteiger partial charge in [-0.15, -0.1) is 0 Å². The van der Waals surface area contributed by atoms with Gasteiger partial charge in [0.05, 0.1) is 25.0 Å². The molecule has 36 heavy (non-hydrogen) atoms. The number of anilines is 1. The van der Waals surface area contributed by atoms with E-state index in [4.69, 9.17) is 9.15 Å². The summed E-state index contributed by atoms with van der Waals surface area (Å²) < 4.78 is 10.9. The second-order valence-corrected chi connectivity index (χ2v) is 9.16. The van der Waals surface area contributed by atoms with Crippen LogP contribution < -0.4 is 9.64 Å². The number of imide groups is 1. The first-order valence-corrected chi connectivity index (χ1v) is 12.3. The van der Waals surface area contributed by atoms with Crippen LogP contribution in [0, 0.1) is 0 Å². The highest BCUT2D eigenvalue weighted by molar-refractivity contribution is 7.99. The molecule has 1 aliphatic rings. The Morgan fingerprint density at radius 1 is 1.06 bits per heavy atom. The van der Waals surface area contributed by atoms with E-state index in [1.54, 1.807) is 31.4 Å². The molecule has 3 aromatic carbocycles. The van der Waals surface area contributed by atoms with Crippen molar-refractivity contribution in [2.75, 3.05) is 17.8 Å². The number of oxazole rings is 1. The number of rotatable bonds is 8. The Hall–Kier alpha value is -4.11. The molecule has 1 saturated heterocycles. The number of thioether (sulfide) groups is 1. The molecule has 1 atom stereocenters. The molecule has 0 aliphatic carbocycles. The number of amides is 3. The Morgan fingerprint density at radius 2 is 1.78 bits per heavy atom. The molecule has 8 nitrogen and oxygen atoms in total. The maximum Gasteiger partial charge on any atom is 0.257 e. The SMILES string of the molecule is COc1ccc(N2C(=O)CC(N(Cc3ccccc3)C(=O)CSc3nc4ccccc4o3)C2=O)cc1. The Bertz CT molecular complexity index is 1370. The van der Waals surface area contributed by atoms with Crippen molar-refractivity contribution in [1.82, 2.24) is 9.88 Å². The number of para-hydroxylation sites is 2. The van der Waals surface area contributed by atoms with Crippen molar-refractivity contribution in [2.24, 2.45) is 0 Å². The lowest BCUT2D eigenvalue weighted by molar-refractivity contribution is -0.136. The number of nitrogens with zero attached hydrogens (tertiary/aromatic N) is 3. The second kappa shape index (κ2) is 10.2. The van der Waals surface area contributed by atoms with Gasteiger partial charge < -0.3 is 14.1 Å². The van der Waals surface area contributed by atoms with Gasteiger partial charge in [0.25, 0.3) is 11.1 Å². The average molecular weight is 502 g/mol. The summed E-state index contributed by atoms with van der Waals surface area (Å²) >= 11 is 1.16. The van der Waals surface area contributed by atoms with Gasteiger partial charge in [-0.1, -0.05) is 54.2 Å². The highest BCUT2D eigenvalue weighted by atomic mass is 32.2. The van der Waals surface area contributed by atoms with Crippen molar-refractivity contribution >= 4 is 46.3 Å². The monoisotopic (exact) mass is 501 g/mol. The van der Waals surface area contributed by atoms with E-state index in [-0.39, 0.29) is 30.5 Å². The number of carbonyl (C=O) groups is 3. The first-order chi connectivity index (χ1) is 17.5. The summed E-state index contributed by atoms with van der Waals surface area (Å²) in [6, 6.07) is 22.5. The van der Waals surface area contributed by atoms with Gasteiger partial charge in [-0.2, -0.15) is 0 Å². The van der Waals surface area contributed by atoms with Crippen LogP contribution in [0.15, 0.2) is 88.5 Å². The van der Waals surface area contributed by atoms with Crippen molar-refractivity contribution in [3.05, 3.63) is 84.4 Å². The summed E-state index contributed by atoms with van der Waals surface area (Å²) in [6.45, 7) is 0.202. The topological polar surface area (TPSA) is 92.9 Å². The molecule has 1 aliphatic heterocycles.